The van der Waals surface area contributed by atoms with Gasteiger partial charge in [-0.25, -0.2) is 4.39 Å². The number of nitrogens with zero attached hydrogens (tertiary/aromatic N) is 2. The molecular weight excluding hydrogens is 357 g/mol. The van der Waals surface area contributed by atoms with E-state index in [1.807, 2.05) is 25.1 Å². The van der Waals surface area contributed by atoms with Crippen molar-refractivity contribution in [3.8, 4) is 5.75 Å². The summed E-state index contributed by atoms with van der Waals surface area (Å²) in [5.41, 5.74) is 2.61. The fraction of sp³-hybridized carbons (Fsp3) is 0.409. The van der Waals surface area contributed by atoms with Gasteiger partial charge in [0.2, 0.25) is 5.91 Å². The molecule has 1 heterocycles. The molecule has 1 fully saturated rings. The van der Waals surface area contributed by atoms with Gasteiger partial charge < -0.3 is 15.0 Å². The lowest BCUT2D eigenvalue weighted by Gasteiger charge is -2.36. The zero-order valence-corrected chi connectivity index (χ0v) is 16.6. The SMILES string of the molecule is CCOc1ccccc1N1CCN(CC(=O)NCc2ccc(F)c(C)c2)CC1. The monoisotopic (exact) mass is 385 g/mol. The summed E-state index contributed by atoms with van der Waals surface area (Å²) in [7, 11) is 0. The largest absolute Gasteiger partial charge is 0.492 e. The maximum atomic E-state index is 13.3. The van der Waals surface area contributed by atoms with Crippen molar-refractivity contribution in [2.75, 3.05) is 44.2 Å². The van der Waals surface area contributed by atoms with Gasteiger partial charge in [0.1, 0.15) is 11.6 Å². The van der Waals surface area contributed by atoms with Crippen molar-refractivity contribution in [2.45, 2.75) is 20.4 Å². The number of aryl methyl sites for hydroxylation is 1. The van der Waals surface area contributed by atoms with Crippen molar-refractivity contribution < 1.29 is 13.9 Å². The van der Waals surface area contributed by atoms with Crippen molar-refractivity contribution in [3.63, 3.8) is 0 Å². The van der Waals surface area contributed by atoms with Crippen LogP contribution in [0.15, 0.2) is 42.5 Å². The Morgan fingerprint density at radius 1 is 1.14 bits per heavy atom. The van der Waals surface area contributed by atoms with Gasteiger partial charge in [0.15, 0.2) is 0 Å². The van der Waals surface area contributed by atoms with Gasteiger partial charge in [-0.1, -0.05) is 24.3 Å². The Balaban J connectivity index is 1.46. The van der Waals surface area contributed by atoms with Crippen LogP contribution in [0.25, 0.3) is 0 Å². The molecule has 0 radical (unpaired) electrons. The van der Waals surface area contributed by atoms with Crippen molar-refractivity contribution in [2.24, 2.45) is 0 Å². The lowest BCUT2D eigenvalue weighted by molar-refractivity contribution is -0.122. The molecule has 3 rings (SSSR count). The number of anilines is 1. The van der Waals surface area contributed by atoms with Crippen molar-refractivity contribution >= 4 is 11.6 Å². The Bertz CT molecular complexity index is 804. The zero-order chi connectivity index (χ0) is 19.9. The zero-order valence-electron chi connectivity index (χ0n) is 16.6. The summed E-state index contributed by atoms with van der Waals surface area (Å²) in [6, 6.07) is 13.0. The molecule has 150 valence electrons. The smallest absolute Gasteiger partial charge is 0.234 e. The molecule has 0 saturated carbocycles. The van der Waals surface area contributed by atoms with Crippen LogP contribution in [0, 0.1) is 12.7 Å². The van der Waals surface area contributed by atoms with E-state index in [4.69, 9.17) is 4.74 Å². The number of hydrogen-bond donors (Lipinski definition) is 1. The van der Waals surface area contributed by atoms with Crippen LogP contribution < -0.4 is 15.0 Å². The standard InChI is InChI=1S/C22H28FN3O2/c1-3-28-21-7-5-4-6-20(21)26-12-10-25(11-13-26)16-22(27)24-15-18-8-9-19(23)17(2)14-18/h4-9,14H,3,10-13,15-16H2,1-2H3,(H,24,27). The van der Waals surface area contributed by atoms with E-state index in [9.17, 15) is 9.18 Å². The number of para-hydroxylation sites is 2. The number of amides is 1. The molecule has 2 aromatic rings. The molecule has 0 bridgehead atoms. The van der Waals surface area contributed by atoms with Crippen LogP contribution in [0.2, 0.25) is 0 Å². The second kappa shape index (κ2) is 9.55. The second-order valence-electron chi connectivity index (χ2n) is 7.02. The molecule has 1 amide bonds. The molecule has 0 aromatic heterocycles. The van der Waals surface area contributed by atoms with Crippen LogP contribution >= 0.6 is 0 Å². The number of piperazine rings is 1. The van der Waals surface area contributed by atoms with Gasteiger partial charge in [0, 0.05) is 32.7 Å². The molecule has 1 saturated heterocycles. The summed E-state index contributed by atoms with van der Waals surface area (Å²) in [4.78, 5) is 16.7. The number of ether oxygens (including phenoxy) is 1. The fourth-order valence-corrected chi connectivity index (χ4v) is 3.42. The van der Waals surface area contributed by atoms with Crippen molar-refractivity contribution in [3.05, 3.63) is 59.4 Å². The van der Waals surface area contributed by atoms with Crippen LogP contribution in [0.4, 0.5) is 10.1 Å². The summed E-state index contributed by atoms with van der Waals surface area (Å²) < 4.78 is 19.1. The highest BCUT2D eigenvalue weighted by Crippen LogP contribution is 2.28. The lowest BCUT2D eigenvalue weighted by Crippen LogP contribution is -2.49. The number of carbonyl (C=O) groups is 1. The third kappa shape index (κ3) is 5.23. The molecule has 0 atom stereocenters. The number of rotatable bonds is 7. The van der Waals surface area contributed by atoms with Crippen LogP contribution in [0.3, 0.4) is 0 Å². The van der Waals surface area contributed by atoms with E-state index < -0.39 is 0 Å². The van der Waals surface area contributed by atoms with Crippen molar-refractivity contribution in [1.29, 1.82) is 0 Å². The summed E-state index contributed by atoms with van der Waals surface area (Å²) in [5, 5.41) is 2.93. The van der Waals surface area contributed by atoms with E-state index in [-0.39, 0.29) is 11.7 Å². The topological polar surface area (TPSA) is 44.8 Å². The molecule has 1 N–H and O–H groups in total. The van der Waals surface area contributed by atoms with Crippen molar-refractivity contribution in [1.82, 2.24) is 10.2 Å². The van der Waals surface area contributed by atoms with Gasteiger partial charge in [0.25, 0.3) is 0 Å². The Morgan fingerprint density at radius 3 is 2.61 bits per heavy atom. The molecule has 5 nitrogen and oxygen atoms in total. The van der Waals surface area contributed by atoms with Crippen LogP contribution in [0.1, 0.15) is 18.1 Å². The third-order valence-corrected chi connectivity index (χ3v) is 4.96. The maximum Gasteiger partial charge on any atom is 0.234 e. The molecule has 1 aliphatic rings. The quantitative estimate of drug-likeness (QED) is 0.796. The maximum absolute atomic E-state index is 13.3. The van der Waals surface area contributed by atoms with Gasteiger partial charge in [-0.05, 0) is 43.2 Å². The molecule has 0 aliphatic carbocycles. The first-order valence-electron chi connectivity index (χ1n) is 9.77. The summed E-state index contributed by atoms with van der Waals surface area (Å²) in [6.07, 6.45) is 0. The number of nitrogens with one attached hydrogen (secondary N) is 1. The predicted octanol–water partition coefficient (Wildman–Crippen LogP) is 2.97. The Hall–Kier alpha value is -2.60. The second-order valence-corrected chi connectivity index (χ2v) is 7.02. The minimum atomic E-state index is -0.223. The van der Waals surface area contributed by atoms with Crippen LogP contribution in [-0.2, 0) is 11.3 Å². The van der Waals surface area contributed by atoms with Gasteiger partial charge >= 0.3 is 0 Å². The summed E-state index contributed by atoms with van der Waals surface area (Å²) in [5.74, 6) is 0.676. The molecule has 28 heavy (non-hydrogen) atoms. The Labute approximate surface area is 166 Å². The van der Waals surface area contributed by atoms with E-state index in [2.05, 4.69) is 21.2 Å². The third-order valence-electron chi connectivity index (χ3n) is 4.96. The number of benzene rings is 2. The first kappa shape index (κ1) is 20.1. The van der Waals surface area contributed by atoms with E-state index in [1.165, 1.54) is 6.07 Å². The lowest BCUT2D eigenvalue weighted by atomic mass is 10.1. The van der Waals surface area contributed by atoms with E-state index in [0.717, 1.165) is 43.2 Å². The van der Waals surface area contributed by atoms with Gasteiger partial charge in [-0.15, -0.1) is 0 Å². The minimum absolute atomic E-state index is 0.00913. The van der Waals surface area contributed by atoms with Crippen LogP contribution in [0.5, 0.6) is 5.75 Å². The van der Waals surface area contributed by atoms with E-state index in [1.54, 1.807) is 19.1 Å². The highest BCUT2D eigenvalue weighted by atomic mass is 19.1. The summed E-state index contributed by atoms with van der Waals surface area (Å²) in [6.45, 7) is 8.51. The van der Waals surface area contributed by atoms with Gasteiger partial charge in [-0.2, -0.15) is 0 Å². The minimum Gasteiger partial charge on any atom is -0.492 e. The molecule has 6 heteroatoms. The Morgan fingerprint density at radius 2 is 1.89 bits per heavy atom. The molecule has 0 spiro atoms. The molecule has 1 aliphatic heterocycles. The average Bonchev–Trinajstić information content (AvgIpc) is 2.70. The Kier molecular flexibility index (Phi) is 6.87. The predicted molar refractivity (Wildman–Crippen MR) is 109 cm³/mol. The first-order valence-corrected chi connectivity index (χ1v) is 9.77. The van der Waals surface area contributed by atoms with E-state index in [0.29, 0.717) is 25.3 Å². The van der Waals surface area contributed by atoms with Gasteiger partial charge in [-0.3, -0.25) is 9.69 Å². The number of carbonyl (C=O) groups excluding carboxylic acids is 1. The highest BCUT2D eigenvalue weighted by molar-refractivity contribution is 5.78. The fourth-order valence-electron chi connectivity index (χ4n) is 3.42. The average molecular weight is 385 g/mol. The highest BCUT2D eigenvalue weighted by Gasteiger charge is 2.21. The summed E-state index contributed by atoms with van der Waals surface area (Å²) >= 11 is 0. The number of halogens is 1. The molecular formula is C22H28FN3O2. The first-order chi connectivity index (χ1) is 13.6. The van der Waals surface area contributed by atoms with E-state index >= 15 is 0 Å². The normalized spacial score (nSPS) is 14.8. The molecule has 0 unspecified atom stereocenters. The molecule has 2 aromatic carbocycles. The number of hydrogen-bond acceptors (Lipinski definition) is 4. The van der Waals surface area contributed by atoms with Gasteiger partial charge in [0.05, 0.1) is 18.8 Å². The van der Waals surface area contributed by atoms with Crippen LogP contribution in [-0.4, -0.2) is 50.1 Å².